The topological polar surface area (TPSA) is 201 Å². The Morgan fingerprint density at radius 3 is 2.19 bits per heavy atom. The minimum absolute atomic E-state index is 0.143. The number of pyridine rings is 1. The van der Waals surface area contributed by atoms with E-state index in [1.807, 2.05) is 67.6 Å². The fraction of sp³-hybridized carbons (Fsp3) is 0.273. The molecule has 1 aliphatic rings. The van der Waals surface area contributed by atoms with Crippen molar-refractivity contribution in [1.29, 1.82) is 0 Å². The van der Waals surface area contributed by atoms with Gasteiger partial charge in [0.05, 0.1) is 5.69 Å². The molecule has 0 spiro atoms. The Labute approximate surface area is 271 Å². The number of nitrogens with one attached hydrogen (secondary N) is 2. The average Bonchev–Trinajstić information content (AvgIpc) is 3.07. The molecule has 1 aliphatic heterocycles. The molecule has 4 aromatic rings. The maximum Gasteiger partial charge on any atom is 0.335 e. The van der Waals surface area contributed by atoms with Crippen LogP contribution in [0.3, 0.4) is 0 Å². The van der Waals surface area contributed by atoms with E-state index in [9.17, 15) is 14.4 Å². The summed E-state index contributed by atoms with van der Waals surface area (Å²) < 4.78 is 0. The first-order valence-electron chi connectivity index (χ1n) is 14.7. The highest BCUT2D eigenvalue weighted by atomic mass is 16.4. The Kier molecular flexibility index (Phi) is 12.0. The summed E-state index contributed by atoms with van der Waals surface area (Å²) >= 11 is 0. The van der Waals surface area contributed by atoms with Crippen LogP contribution < -0.4 is 10.6 Å². The fourth-order valence-electron chi connectivity index (χ4n) is 4.55. The van der Waals surface area contributed by atoms with Crippen LogP contribution in [-0.4, -0.2) is 108 Å². The number of carboxylic acid groups (broad SMARTS) is 2. The smallest absolute Gasteiger partial charge is 0.335 e. The molecule has 2 aromatic carbocycles. The van der Waals surface area contributed by atoms with E-state index in [0.717, 1.165) is 55.2 Å². The fourth-order valence-corrected chi connectivity index (χ4v) is 4.55. The van der Waals surface area contributed by atoms with E-state index in [-0.39, 0.29) is 5.91 Å². The Morgan fingerprint density at radius 2 is 1.57 bits per heavy atom. The quantitative estimate of drug-likeness (QED) is 0.147. The predicted octanol–water partition coefficient (Wildman–Crippen LogP) is 2.47. The number of hydrogen-bond donors (Lipinski definition) is 6. The molecule has 14 heteroatoms. The van der Waals surface area contributed by atoms with Gasteiger partial charge in [-0.05, 0) is 67.6 Å². The summed E-state index contributed by atoms with van der Waals surface area (Å²) in [5, 5.41) is 38.8. The second kappa shape index (κ2) is 16.3. The molecule has 0 aliphatic carbocycles. The van der Waals surface area contributed by atoms with Gasteiger partial charge in [-0.1, -0.05) is 18.2 Å². The van der Waals surface area contributed by atoms with Gasteiger partial charge in [0.25, 0.3) is 5.91 Å². The molecule has 6 N–H and O–H groups in total. The average molecular weight is 644 g/mol. The van der Waals surface area contributed by atoms with Crippen molar-refractivity contribution in [2.24, 2.45) is 0 Å². The van der Waals surface area contributed by atoms with Gasteiger partial charge in [-0.25, -0.2) is 19.6 Å². The predicted molar refractivity (Wildman–Crippen MR) is 174 cm³/mol. The molecule has 5 rings (SSSR count). The van der Waals surface area contributed by atoms with Gasteiger partial charge in [0.15, 0.2) is 12.2 Å². The van der Waals surface area contributed by atoms with E-state index in [1.165, 1.54) is 5.56 Å². The van der Waals surface area contributed by atoms with Crippen LogP contribution in [0.5, 0.6) is 0 Å². The first-order chi connectivity index (χ1) is 22.5. The third kappa shape index (κ3) is 10.1. The van der Waals surface area contributed by atoms with Crippen molar-refractivity contribution < 1.29 is 34.8 Å². The Hall–Kier alpha value is -5.28. The number of carbonyl (C=O) groups is 3. The molecular weight excluding hydrogens is 606 g/mol. The molecule has 2 unspecified atom stereocenters. The lowest BCUT2D eigenvalue weighted by Crippen LogP contribution is -2.43. The summed E-state index contributed by atoms with van der Waals surface area (Å²) in [5.41, 5.74) is 6.08. The highest BCUT2D eigenvalue weighted by molar-refractivity contribution is 6.04. The van der Waals surface area contributed by atoms with Crippen molar-refractivity contribution in [2.75, 3.05) is 43.9 Å². The molecule has 1 amide bonds. The number of aryl methyl sites for hydroxylation is 1. The Bertz CT molecular complexity index is 1650. The van der Waals surface area contributed by atoms with Crippen molar-refractivity contribution in [2.45, 2.75) is 25.7 Å². The van der Waals surface area contributed by atoms with Gasteiger partial charge in [0, 0.05) is 73.8 Å². The minimum atomic E-state index is -2.27. The maximum atomic E-state index is 12.9. The van der Waals surface area contributed by atoms with Gasteiger partial charge in [0.2, 0.25) is 5.95 Å². The first kappa shape index (κ1) is 34.6. The van der Waals surface area contributed by atoms with Crippen molar-refractivity contribution in [3.63, 3.8) is 0 Å². The van der Waals surface area contributed by atoms with E-state index in [1.54, 1.807) is 18.6 Å². The largest absolute Gasteiger partial charge is 0.479 e. The molecule has 47 heavy (non-hydrogen) atoms. The number of nitrogens with zero attached hydrogens (tertiary/aromatic N) is 5. The highest BCUT2D eigenvalue weighted by Crippen LogP contribution is 2.25. The number of hydrogen-bond acceptors (Lipinski definition) is 11. The number of aliphatic carboxylic acids is 2. The highest BCUT2D eigenvalue weighted by Gasteiger charge is 2.29. The molecule has 2 aromatic heterocycles. The number of aliphatic hydroxyl groups is 2. The van der Waals surface area contributed by atoms with Crippen LogP contribution in [0.1, 0.15) is 21.5 Å². The number of carboxylic acids is 2. The summed E-state index contributed by atoms with van der Waals surface area (Å²) in [5.74, 6) is -3.20. The number of piperazine rings is 1. The van der Waals surface area contributed by atoms with Crippen LogP contribution in [0.15, 0.2) is 79.3 Å². The van der Waals surface area contributed by atoms with Gasteiger partial charge in [-0.3, -0.25) is 14.7 Å². The first-order valence-corrected chi connectivity index (χ1v) is 14.7. The number of rotatable bonds is 10. The number of carbonyl (C=O) groups excluding carboxylic acids is 1. The third-order valence-electron chi connectivity index (χ3n) is 7.38. The number of likely N-dealkylation sites (N-methyl/N-ethyl adjacent to an activating group) is 1. The monoisotopic (exact) mass is 643 g/mol. The summed E-state index contributed by atoms with van der Waals surface area (Å²) in [6.45, 7) is 7.24. The minimum Gasteiger partial charge on any atom is -0.479 e. The molecule has 1 saturated heterocycles. The second-order valence-corrected chi connectivity index (χ2v) is 11.0. The van der Waals surface area contributed by atoms with Crippen molar-refractivity contribution in [3.05, 3.63) is 95.9 Å². The number of anilines is 3. The van der Waals surface area contributed by atoms with Crippen LogP contribution in [0.2, 0.25) is 0 Å². The summed E-state index contributed by atoms with van der Waals surface area (Å²) in [7, 11) is 2.16. The van der Waals surface area contributed by atoms with Crippen LogP contribution in [0.4, 0.5) is 17.3 Å². The molecule has 246 valence electrons. The molecule has 2 atom stereocenters. The second-order valence-electron chi connectivity index (χ2n) is 11.0. The van der Waals surface area contributed by atoms with Crippen molar-refractivity contribution in [3.8, 4) is 11.3 Å². The van der Waals surface area contributed by atoms with Crippen LogP contribution >= 0.6 is 0 Å². The number of aliphatic hydroxyl groups excluding tert-OH is 2. The maximum absolute atomic E-state index is 12.9. The Balaban J connectivity index is 0.000000434. The molecule has 1 fully saturated rings. The summed E-state index contributed by atoms with van der Waals surface area (Å²) in [6.07, 6.45) is 0.684. The molecule has 14 nitrogen and oxygen atoms in total. The van der Waals surface area contributed by atoms with Gasteiger partial charge in [-0.2, -0.15) is 0 Å². The van der Waals surface area contributed by atoms with Gasteiger partial charge < -0.3 is 36.0 Å². The van der Waals surface area contributed by atoms with E-state index in [0.29, 0.717) is 17.2 Å². The summed E-state index contributed by atoms with van der Waals surface area (Å²) in [4.78, 5) is 50.4. The molecular formula is C33H37N7O7. The van der Waals surface area contributed by atoms with Crippen molar-refractivity contribution >= 4 is 35.2 Å². The molecule has 0 saturated carbocycles. The third-order valence-corrected chi connectivity index (χ3v) is 7.38. The lowest BCUT2D eigenvalue weighted by Gasteiger charge is -2.32. The molecule has 0 radical (unpaired) electrons. The zero-order valence-electron chi connectivity index (χ0n) is 25.9. The lowest BCUT2D eigenvalue weighted by molar-refractivity contribution is -0.165. The summed E-state index contributed by atoms with van der Waals surface area (Å²) in [6, 6.07) is 19.3. The standard InChI is InChI=1S/C29H31N7O.C4H6O6/c1-21-5-10-25(18-27(21)34-29-31-13-11-26(33-29)24-4-3-12-30-19-24)32-28(37)23-8-6-22(7-9-23)20-36-16-14-35(2)15-17-36;5-1(3(7)8)2(6)4(9)10/h3-13,18-19H,14-17,20H2,1-2H3,(H,32,37)(H,31,33,34);1-2,5-6H,(H,7,8)(H,9,10). The molecule has 0 bridgehead atoms. The normalized spacial score (nSPS) is 14.6. The van der Waals surface area contributed by atoms with E-state index >= 15 is 0 Å². The van der Waals surface area contributed by atoms with Gasteiger partial charge in [-0.15, -0.1) is 0 Å². The van der Waals surface area contributed by atoms with E-state index in [4.69, 9.17) is 20.4 Å². The zero-order valence-corrected chi connectivity index (χ0v) is 25.9. The number of benzene rings is 2. The zero-order chi connectivity index (χ0) is 33.9. The van der Waals surface area contributed by atoms with Crippen LogP contribution in [0, 0.1) is 6.92 Å². The number of aromatic nitrogens is 3. The number of amides is 1. The van der Waals surface area contributed by atoms with Crippen LogP contribution in [-0.2, 0) is 16.1 Å². The SMILES string of the molecule is Cc1ccc(NC(=O)c2ccc(CN3CCN(C)CC3)cc2)cc1Nc1nccc(-c2cccnc2)n1.O=C(O)C(O)C(O)C(=O)O. The Morgan fingerprint density at radius 1 is 0.894 bits per heavy atom. The lowest BCUT2D eigenvalue weighted by atomic mass is 10.1. The van der Waals surface area contributed by atoms with Crippen molar-refractivity contribution in [1.82, 2.24) is 24.8 Å². The molecule has 3 heterocycles. The van der Waals surface area contributed by atoms with Crippen LogP contribution in [0.25, 0.3) is 11.3 Å². The van der Waals surface area contributed by atoms with E-state index < -0.39 is 24.1 Å². The van der Waals surface area contributed by atoms with E-state index in [2.05, 4.69) is 42.4 Å². The van der Waals surface area contributed by atoms with Gasteiger partial charge in [0.1, 0.15) is 0 Å². The van der Waals surface area contributed by atoms with Gasteiger partial charge >= 0.3 is 11.9 Å².